The highest BCUT2D eigenvalue weighted by molar-refractivity contribution is 5.48. The number of hydrogen-bond acceptors (Lipinski definition) is 4. The number of likely N-dealkylation sites (N-methyl/N-ethyl adjacent to an activating group) is 1. The predicted molar refractivity (Wildman–Crippen MR) is 84.7 cm³/mol. The van der Waals surface area contributed by atoms with Gasteiger partial charge in [0.15, 0.2) is 0 Å². The molecule has 2 aromatic rings. The first-order valence-electron chi connectivity index (χ1n) is 7.36. The normalized spacial score (nSPS) is 16.0. The Morgan fingerprint density at radius 1 is 1.05 bits per heavy atom. The zero-order chi connectivity index (χ0) is 14.5. The van der Waals surface area contributed by atoms with Gasteiger partial charge in [-0.15, -0.1) is 0 Å². The second kappa shape index (κ2) is 6.59. The van der Waals surface area contributed by atoms with Gasteiger partial charge in [0.1, 0.15) is 12.4 Å². The minimum atomic E-state index is 0.578. The average molecular weight is 283 g/mol. The molecule has 0 atom stereocenters. The number of pyridine rings is 1. The summed E-state index contributed by atoms with van der Waals surface area (Å²) in [6, 6.07) is 12.3. The molecule has 1 saturated heterocycles. The molecule has 0 spiro atoms. The predicted octanol–water partition coefficient (Wildman–Crippen LogP) is 2.41. The Morgan fingerprint density at radius 2 is 1.81 bits per heavy atom. The first-order chi connectivity index (χ1) is 10.3. The second-order valence-electron chi connectivity index (χ2n) is 5.44. The third kappa shape index (κ3) is 3.73. The van der Waals surface area contributed by atoms with Crippen LogP contribution in [0.1, 0.15) is 5.56 Å². The number of rotatable bonds is 4. The van der Waals surface area contributed by atoms with Crippen LogP contribution in [-0.4, -0.2) is 43.1 Å². The van der Waals surface area contributed by atoms with E-state index in [9.17, 15) is 0 Å². The molecule has 0 unspecified atom stereocenters. The van der Waals surface area contributed by atoms with Crippen molar-refractivity contribution >= 4 is 5.69 Å². The number of hydrogen-bond donors (Lipinski definition) is 0. The van der Waals surface area contributed by atoms with E-state index >= 15 is 0 Å². The molecule has 0 N–H and O–H groups in total. The Labute approximate surface area is 126 Å². The number of anilines is 1. The quantitative estimate of drug-likeness (QED) is 0.861. The van der Waals surface area contributed by atoms with Gasteiger partial charge in [0, 0.05) is 32.2 Å². The molecule has 1 aliphatic rings. The van der Waals surface area contributed by atoms with Gasteiger partial charge < -0.3 is 14.5 Å². The lowest BCUT2D eigenvalue weighted by atomic mass is 10.2. The number of nitrogens with zero attached hydrogens (tertiary/aromatic N) is 3. The van der Waals surface area contributed by atoms with E-state index < -0.39 is 0 Å². The summed E-state index contributed by atoms with van der Waals surface area (Å²) in [6.07, 6.45) is 3.70. The summed E-state index contributed by atoms with van der Waals surface area (Å²) in [5.74, 6) is 0.829. The van der Waals surface area contributed by atoms with Crippen LogP contribution in [0.3, 0.4) is 0 Å². The molecule has 0 bridgehead atoms. The van der Waals surface area contributed by atoms with E-state index in [1.807, 2.05) is 24.4 Å². The molecule has 0 amide bonds. The van der Waals surface area contributed by atoms with Gasteiger partial charge in [-0.2, -0.15) is 0 Å². The maximum absolute atomic E-state index is 5.85. The zero-order valence-corrected chi connectivity index (χ0v) is 12.4. The van der Waals surface area contributed by atoms with Crippen molar-refractivity contribution in [3.05, 3.63) is 54.4 Å². The highest BCUT2D eigenvalue weighted by atomic mass is 16.5. The molecule has 4 nitrogen and oxygen atoms in total. The highest BCUT2D eigenvalue weighted by Crippen LogP contribution is 2.21. The topological polar surface area (TPSA) is 28.6 Å². The third-order valence-corrected chi connectivity index (χ3v) is 3.82. The summed E-state index contributed by atoms with van der Waals surface area (Å²) in [7, 11) is 2.16. The number of ether oxygens (including phenoxy) is 1. The van der Waals surface area contributed by atoms with E-state index in [0.29, 0.717) is 6.61 Å². The van der Waals surface area contributed by atoms with Crippen LogP contribution in [-0.2, 0) is 6.61 Å². The van der Waals surface area contributed by atoms with Crippen LogP contribution in [0.5, 0.6) is 5.75 Å². The first-order valence-corrected chi connectivity index (χ1v) is 7.36. The van der Waals surface area contributed by atoms with Gasteiger partial charge in [-0.05, 0) is 12.6 Å². The van der Waals surface area contributed by atoms with Crippen molar-refractivity contribution in [3.63, 3.8) is 0 Å². The number of aromatic nitrogens is 1. The summed E-state index contributed by atoms with van der Waals surface area (Å²) < 4.78 is 5.85. The first kappa shape index (κ1) is 13.9. The van der Waals surface area contributed by atoms with E-state index in [1.54, 1.807) is 6.20 Å². The molecule has 1 fully saturated rings. The van der Waals surface area contributed by atoms with Gasteiger partial charge in [0.05, 0.1) is 18.1 Å². The van der Waals surface area contributed by atoms with Crippen molar-refractivity contribution in [3.8, 4) is 5.75 Å². The Bertz CT molecular complexity index is 565. The maximum Gasteiger partial charge on any atom is 0.140 e. The van der Waals surface area contributed by atoms with Crippen molar-refractivity contribution in [1.82, 2.24) is 9.88 Å². The standard InChI is InChI=1S/C17H21N3O/c1-19-7-9-20(10-8-19)16-11-17(13-18-12-16)21-14-15-5-3-2-4-6-15/h2-6,11-13H,7-10,14H2,1H3. The average Bonchev–Trinajstić information content (AvgIpc) is 2.55. The SMILES string of the molecule is CN1CCN(c2cncc(OCc3ccccc3)c2)CC1. The summed E-state index contributed by atoms with van der Waals surface area (Å²) in [4.78, 5) is 9.02. The van der Waals surface area contributed by atoms with Gasteiger partial charge in [0.2, 0.25) is 0 Å². The van der Waals surface area contributed by atoms with Gasteiger partial charge in [-0.25, -0.2) is 0 Å². The molecular weight excluding hydrogens is 262 g/mol. The lowest BCUT2D eigenvalue weighted by Gasteiger charge is -2.33. The fraction of sp³-hybridized carbons (Fsp3) is 0.353. The van der Waals surface area contributed by atoms with Crippen LogP contribution in [0.4, 0.5) is 5.69 Å². The van der Waals surface area contributed by atoms with Crippen LogP contribution in [0.2, 0.25) is 0 Å². The second-order valence-corrected chi connectivity index (χ2v) is 5.44. The van der Waals surface area contributed by atoms with Gasteiger partial charge in [-0.3, -0.25) is 4.98 Å². The largest absolute Gasteiger partial charge is 0.487 e. The minimum absolute atomic E-state index is 0.578. The Kier molecular flexibility index (Phi) is 4.36. The van der Waals surface area contributed by atoms with Crippen LogP contribution < -0.4 is 9.64 Å². The van der Waals surface area contributed by atoms with Crippen molar-refractivity contribution in [2.24, 2.45) is 0 Å². The number of benzene rings is 1. The summed E-state index contributed by atoms with van der Waals surface area (Å²) in [5.41, 5.74) is 2.32. The van der Waals surface area contributed by atoms with Crippen LogP contribution in [0.15, 0.2) is 48.8 Å². The fourth-order valence-corrected chi connectivity index (χ4v) is 2.46. The molecule has 0 radical (unpaired) electrons. The van der Waals surface area contributed by atoms with E-state index in [2.05, 4.69) is 40.0 Å². The van der Waals surface area contributed by atoms with E-state index in [4.69, 9.17) is 4.74 Å². The van der Waals surface area contributed by atoms with Gasteiger partial charge in [0.25, 0.3) is 0 Å². The zero-order valence-electron chi connectivity index (χ0n) is 12.4. The molecule has 21 heavy (non-hydrogen) atoms. The molecule has 4 heteroatoms. The lowest BCUT2D eigenvalue weighted by Crippen LogP contribution is -2.44. The Morgan fingerprint density at radius 3 is 2.57 bits per heavy atom. The third-order valence-electron chi connectivity index (χ3n) is 3.82. The molecule has 1 aliphatic heterocycles. The summed E-state index contributed by atoms with van der Waals surface area (Å²) in [6.45, 7) is 4.85. The minimum Gasteiger partial charge on any atom is -0.487 e. The Balaban J connectivity index is 1.63. The van der Waals surface area contributed by atoms with Crippen molar-refractivity contribution in [1.29, 1.82) is 0 Å². The molecule has 3 rings (SSSR count). The summed E-state index contributed by atoms with van der Waals surface area (Å²) >= 11 is 0. The van der Waals surface area contributed by atoms with Gasteiger partial charge >= 0.3 is 0 Å². The molecule has 0 saturated carbocycles. The maximum atomic E-state index is 5.85. The van der Waals surface area contributed by atoms with Crippen LogP contribution in [0, 0.1) is 0 Å². The molecule has 110 valence electrons. The van der Waals surface area contributed by atoms with Crippen molar-refractivity contribution in [2.45, 2.75) is 6.61 Å². The van der Waals surface area contributed by atoms with E-state index in [1.165, 1.54) is 5.56 Å². The van der Waals surface area contributed by atoms with Crippen LogP contribution in [0.25, 0.3) is 0 Å². The Hall–Kier alpha value is -2.07. The molecule has 1 aromatic heterocycles. The molecule has 2 heterocycles. The van der Waals surface area contributed by atoms with Crippen molar-refractivity contribution < 1.29 is 4.74 Å². The molecule has 1 aromatic carbocycles. The monoisotopic (exact) mass is 283 g/mol. The molecule has 0 aliphatic carbocycles. The van der Waals surface area contributed by atoms with E-state index in [0.717, 1.165) is 37.6 Å². The fourth-order valence-electron chi connectivity index (χ4n) is 2.46. The highest BCUT2D eigenvalue weighted by Gasteiger charge is 2.14. The molecular formula is C17H21N3O. The van der Waals surface area contributed by atoms with E-state index in [-0.39, 0.29) is 0 Å². The smallest absolute Gasteiger partial charge is 0.140 e. The number of piperazine rings is 1. The van der Waals surface area contributed by atoms with Crippen LogP contribution >= 0.6 is 0 Å². The van der Waals surface area contributed by atoms with Gasteiger partial charge in [-0.1, -0.05) is 30.3 Å². The summed E-state index contributed by atoms with van der Waals surface area (Å²) in [5, 5.41) is 0. The lowest BCUT2D eigenvalue weighted by molar-refractivity contribution is 0.303. The van der Waals surface area contributed by atoms with Crippen molar-refractivity contribution in [2.75, 3.05) is 38.1 Å².